The summed E-state index contributed by atoms with van der Waals surface area (Å²) in [6, 6.07) is 13.6. The van der Waals surface area contributed by atoms with Gasteiger partial charge in [0, 0.05) is 30.0 Å². The summed E-state index contributed by atoms with van der Waals surface area (Å²) < 4.78 is 29.3. The molecule has 1 N–H and O–H groups in total. The highest BCUT2D eigenvalue weighted by atomic mass is 32.2. The molecule has 0 aliphatic carbocycles. The van der Waals surface area contributed by atoms with E-state index in [9.17, 15) is 8.42 Å². The number of benzene rings is 2. The summed E-state index contributed by atoms with van der Waals surface area (Å²) in [6.07, 6.45) is 0. The molecule has 0 atom stereocenters. The van der Waals surface area contributed by atoms with Crippen molar-refractivity contribution in [2.75, 3.05) is 23.3 Å². The summed E-state index contributed by atoms with van der Waals surface area (Å²) in [5.74, 6) is 0.384. The van der Waals surface area contributed by atoms with Crippen molar-refractivity contribution in [1.82, 2.24) is 0 Å². The van der Waals surface area contributed by atoms with E-state index in [0.29, 0.717) is 17.0 Å². The Hall–Kier alpha value is -2.60. The van der Waals surface area contributed by atoms with Crippen LogP contribution in [0.5, 0.6) is 0 Å². The van der Waals surface area contributed by atoms with E-state index in [0.717, 1.165) is 35.6 Å². The molecule has 0 spiro atoms. The van der Waals surface area contributed by atoms with E-state index in [4.69, 9.17) is 0 Å². The first-order chi connectivity index (χ1) is 13.3. The van der Waals surface area contributed by atoms with E-state index in [1.807, 2.05) is 50.2 Å². The minimum Gasteiger partial charge on any atom is -0.372 e. The molecule has 2 aromatic carbocycles. The standard InChI is InChI=1S/C22H27N3O2S/c1-6-25(7-2)19-12-13-20(16(4)14-19)23-22-17(5)21(28(26,27)24-22)18-10-8-15(3)9-11-18/h8-14H,6-7H2,1-5H3,(H,23,24). The van der Waals surface area contributed by atoms with E-state index in [1.165, 1.54) is 0 Å². The van der Waals surface area contributed by atoms with Crippen molar-refractivity contribution in [2.45, 2.75) is 34.6 Å². The molecule has 0 saturated carbocycles. The fourth-order valence-corrected chi connectivity index (χ4v) is 4.86. The van der Waals surface area contributed by atoms with Crippen LogP contribution in [0.2, 0.25) is 0 Å². The van der Waals surface area contributed by atoms with Gasteiger partial charge in [0.2, 0.25) is 0 Å². The lowest BCUT2D eigenvalue weighted by molar-refractivity contribution is 0.608. The molecule has 0 saturated heterocycles. The molecule has 0 fully saturated rings. The molecule has 1 aliphatic heterocycles. The second-order valence-electron chi connectivity index (χ2n) is 7.03. The number of anilines is 2. The summed E-state index contributed by atoms with van der Waals surface area (Å²) >= 11 is 0. The minimum atomic E-state index is -3.72. The van der Waals surface area contributed by atoms with Crippen LogP contribution in [-0.2, 0) is 10.0 Å². The number of hydrogen-bond acceptors (Lipinski definition) is 4. The minimum absolute atomic E-state index is 0.271. The van der Waals surface area contributed by atoms with E-state index in [1.54, 1.807) is 6.92 Å². The van der Waals surface area contributed by atoms with Crippen molar-refractivity contribution in [3.63, 3.8) is 0 Å². The maximum absolute atomic E-state index is 12.7. The van der Waals surface area contributed by atoms with Gasteiger partial charge in [0.15, 0.2) is 0 Å². The number of nitrogens with zero attached hydrogens (tertiary/aromatic N) is 2. The third kappa shape index (κ3) is 3.83. The van der Waals surface area contributed by atoms with Crippen LogP contribution in [-0.4, -0.2) is 27.3 Å². The third-order valence-electron chi connectivity index (χ3n) is 5.07. The highest BCUT2D eigenvalue weighted by Gasteiger charge is 2.31. The second kappa shape index (κ2) is 7.80. The van der Waals surface area contributed by atoms with Crippen LogP contribution in [0.1, 0.15) is 37.5 Å². The molecule has 3 rings (SSSR count). The number of sulfonamides is 1. The first-order valence-corrected chi connectivity index (χ1v) is 11.0. The largest absolute Gasteiger partial charge is 0.372 e. The first kappa shape index (κ1) is 20.1. The smallest absolute Gasteiger partial charge is 0.285 e. The molecule has 2 aromatic rings. The molecule has 148 valence electrons. The topological polar surface area (TPSA) is 61.8 Å². The van der Waals surface area contributed by atoms with Crippen molar-refractivity contribution < 1.29 is 8.42 Å². The van der Waals surface area contributed by atoms with Crippen molar-refractivity contribution in [3.05, 3.63) is 64.7 Å². The maximum Gasteiger partial charge on any atom is 0.285 e. The molecule has 0 radical (unpaired) electrons. The van der Waals surface area contributed by atoms with E-state index >= 15 is 0 Å². The predicted molar refractivity (Wildman–Crippen MR) is 118 cm³/mol. The normalized spacial score (nSPS) is 15.5. The Morgan fingerprint density at radius 1 is 0.964 bits per heavy atom. The Labute approximate surface area is 167 Å². The average Bonchev–Trinajstić information content (AvgIpc) is 2.87. The summed E-state index contributed by atoms with van der Waals surface area (Å²) in [7, 11) is -3.72. The average molecular weight is 398 g/mol. The monoisotopic (exact) mass is 397 g/mol. The van der Waals surface area contributed by atoms with Gasteiger partial charge in [-0.05, 0) is 63.9 Å². The van der Waals surface area contributed by atoms with E-state index in [-0.39, 0.29) is 4.91 Å². The molecule has 1 aliphatic rings. The van der Waals surface area contributed by atoms with Gasteiger partial charge in [-0.3, -0.25) is 0 Å². The number of aryl methyl sites for hydroxylation is 2. The summed E-state index contributed by atoms with van der Waals surface area (Å²) in [6.45, 7) is 11.9. The van der Waals surface area contributed by atoms with Crippen LogP contribution < -0.4 is 10.2 Å². The quantitative estimate of drug-likeness (QED) is 0.792. The lowest BCUT2D eigenvalue weighted by atomic mass is 10.1. The second-order valence-corrected chi connectivity index (χ2v) is 8.57. The number of hydrogen-bond donors (Lipinski definition) is 1. The molecule has 28 heavy (non-hydrogen) atoms. The molecular weight excluding hydrogens is 370 g/mol. The van der Waals surface area contributed by atoms with Gasteiger partial charge in [0.1, 0.15) is 10.7 Å². The highest BCUT2D eigenvalue weighted by Crippen LogP contribution is 2.33. The van der Waals surface area contributed by atoms with Crippen LogP contribution in [0.15, 0.2) is 52.4 Å². The van der Waals surface area contributed by atoms with Gasteiger partial charge in [0.25, 0.3) is 10.0 Å². The molecule has 0 unspecified atom stereocenters. The Morgan fingerprint density at radius 3 is 2.18 bits per heavy atom. The molecular formula is C22H27N3O2S. The molecule has 1 heterocycles. The zero-order valence-corrected chi connectivity index (χ0v) is 17.9. The maximum atomic E-state index is 12.7. The Balaban J connectivity index is 1.94. The fraction of sp³-hybridized carbons (Fsp3) is 0.318. The van der Waals surface area contributed by atoms with Crippen LogP contribution in [0.25, 0.3) is 4.91 Å². The van der Waals surface area contributed by atoms with Crippen molar-refractivity contribution in [3.8, 4) is 0 Å². The molecule has 0 aromatic heterocycles. The van der Waals surface area contributed by atoms with Crippen molar-refractivity contribution in [1.29, 1.82) is 0 Å². The van der Waals surface area contributed by atoms with Gasteiger partial charge in [-0.25, -0.2) is 0 Å². The van der Waals surface area contributed by atoms with Crippen LogP contribution in [0.4, 0.5) is 11.4 Å². The Bertz CT molecular complexity index is 1050. The third-order valence-corrected chi connectivity index (χ3v) is 6.55. The van der Waals surface area contributed by atoms with Gasteiger partial charge in [0.05, 0.1) is 0 Å². The van der Waals surface area contributed by atoms with Crippen molar-refractivity contribution >= 4 is 32.1 Å². The Morgan fingerprint density at radius 2 is 1.61 bits per heavy atom. The zero-order chi connectivity index (χ0) is 20.5. The van der Waals surface area contributed by atoms with Gasteiger partial charge >= 0.3 is 0 Å². The van der Waals surface area contributed by atoms with Crippen molar-refractivity contribution in [2.24, 2.45) is 4.40 Å². The summed E-state index contributed by atoms with van der Waals surface area (Å²) in [5.41, 5.74) is 5.44. The van der Waals surface area contributed by atoms with Gasteiger partial charge in [-0.1, -0.05) is 29.8 Å². The van der Waals surface area contributed by atoms with Crippen LogP contribution >= 0.6 is 0 Å². The van der Waals surface area contributed by atoms with Gasteiger partial charge in [-0.15, -0.1) is 4.40 Å². The van der Waals surface area contributed by atoms with Crippen LogP contribution in [0, 0.1) is 13.8 Å². The molecule has 0 amide bonds. The first-order valence-electron chi connectivity index (χ1n) is 9.52. The number of rotatable bonds is 5. The summed E-state index contributed by atoms with van der Waals surface area (Å²) in [5, 5.41) is 3.22. The SMILES string of the molecule is CCN(CC)c1ccc(NC2=NS(=O)(=O)C(c3ccc(C)cc3)=C2C)c(C)c1. The highest BCUT2D eigenvalue weighted by molar-refractivity contribution is 8.00. The van der Waals surface area contributed by atoms with Gasteiger partial charge in [-0.2, -0.15) is 8.42 Å². The summed E-state index contributed by atoms with van der Waals surface area (Å²) in [4.78, 5) is 2.54. The lowest BCUT2D eigenvalue weighted by Gasteiger charge is -2.22. The molecule has 5 nitrogen and oxygen atoms in total. The Kier molecular flexibility index (Phi) is 5.61. The van der Waals surface area contributed by atoms with Crippen LogP contribution in [0.3, 0.4) is 0 Å². The van der Waals surface area contributed by atoms with Gasteiger partial charge < -0.3 is 10.2 Å². The number of amidine groups is 1. The zero-order valence-electron chi connectivity index (χ0n) is 17.1. The van der Waals surface area contributed by atoms with E-state index < -0.39 is 10.0 Å². The lowest BCUT2D eigenvalue weighted by Crippen LogP contribution is -2.22. The fourth-order valence-electron chi connectivity index (χ4n) is 3.42. The predicted octanol–water partition coefficient (Wildman–Crippen LogP) is 4.73. The van der Waals surface area contributed by atoms with E-state index in [2.05, 4.69) is 34.5 Å². The molecule has 6 heteroatoms. The number of nitrogens with one attached hydrogen (secondary N) is 1. The molecule has 0 bridgehead atoms.